The summed E-state index contributed by atoms with van der Waals surface area (Å²) < 4.78 is 11.2. The van der Waals surface area contributed by atoms with Crippen molar-refractivity contribution in [3.05, 3.63) is 57.4 Å². The summed E-state index contributed by atoms with van der Waals surface area (Å²) in [6, 6.07) is 8.61. The molecular formula is C14H10BrClO3. The number of carbonyl (C=O) groups excluding carboxylic acids is 1. The molecule has 0 radical (unpaired) electrons. The van der Waals surface area contributed by atoms with Gasteiger partial charge in [0, 0.05) is 10.5 Å². The molecule has 98 valence electrons. The molecule has 0 fully saturated rings. The second-order valence-electron chi connectivity index (χ2n) is 3.78. The van der Waals surface area contributed by atoms with Crippen LogP contribution in [0.25, 0.3) is 6.08 Å². The Morgan fingerprint density at radius 3 is 2.79 bits per heavy atom. The van der Waals surface area contributed by atoms with Crippen molar-refractivity contribution in [1.29, 1.82) is 0 Å². The number of hydrogen-bond donors (Lipinski definition) is 0. The van der Waals surface area contributed by atoms with Crippen LogP contribution in [0.4, 0.5) is 0 Å². The Kier molecular flexibility index (Phi) is 4.45. The first kappa shape index (κ1) is 13.9. The third kappa shape index (κ3) is 3.98. The average Bonchev–Trinajstić information content (AvgIpc) is 2.76. The number of hydrogen-bond acceptors (Lipinski definition) is 3. The van der Waals surface area contributed by atoms with E-state index in [1.165, 1.54) is 6.08 Å². The Labute approximate surface area is 123 Å². The molecule has 0 amide bonds. The standard InChI is InChI=1S/C14H10BrClO3/c1-9-2-4-11(18-9)5-7-14(17)19-13-6-3-10(15)8-12(13)16/h2-8H,1H3/b7-5+. The van der Waals surface area contributed by atoms with Gasteiger partial charge in [-0.05, 0) is 43.3 Å². The van der Waals surface area contributed by atoms with E-state index in [0.717, 1.165) is 10.2 Å². The van der Waals surface area contributed by atoms with Gasteiger partial charge >= 0.3 is 5.97 Å². The van der Waals surface area contributed by atoms with Gasteiger partial charge in [0.05, 0.1) is 5.02 Å². The summed E-state index contributed by atoms with van der Waals surface area (Å²) in [5.74, 6) is 1.17. The molecule has 0 unspecified atom stereocenters. The molecule has 2 aromatic rings. The fourth-order valence-corrected chi connectivity index (χ4v) is 2.11. The van der Waals surface area contributed by atoms with E-state index in [9.17, 15) is 4.79 Å². The maximum absolute atomic E-state index is 11.6. The third-order valence-electron chi connectivity index (χ3n) is 2.25. The zero-order chi connectivity index (χ0) is 13.8. The van der Waals surface area contributed by atoms with Crippen molar-refractivity contribution in [1.82, 2.24) is 0 Å². The number of rotatable bonds is 3. The molecule has 0 aliphatic rings. The normalized spacial score (nSPS) is 10.9. The molecule has 2 rings (SSSR count). The lowest BCUT2D eigenvalue weighted by atomic mass is 10.3. The minimum Gasteiger partial charge on any atom is -0.462 e. The van der Waals surface area contributed by atoms with Gasteiger partial charge in [0.2, 0.25) is 0 Å². The van der Waals surface area contributed by atoms with Crippen LogP contribution in [0.5, 0.6) is 5.75 Å². The highest BCUT2D eigenvalue weighted by atomic mass is 79.9. The monoisotopic (exact) mass is 340 g/mol. The smallest absolute Gasteiger partial charge is 0.336 e. The van der Waals surface area contributed by atoms with E-state index in [1.54, 1.807) is 30.3 Å². The van der Waals surface area contributed by atoms with E-state index >= 15 is 0 Å². The molecule has 0 saturated heterocycles. The molecule has 5 heteroatoms. The van der Waals surface area contributed by atoms with Crippen molar-refractivity contribution in [2.24, 2.45) is 0 Å². The summed E-state index contributed by atoms with van der Waals surface area (Å²) in [5.41, 5.74) is 0. The molecule has 0 spiro atoms. The molecule has 0 aliphatic heterocycles. The summed E-state index contributed by atoms with van der Waals surface area (Å²) in [6.07, 6.45) is 2.83. The molecule has 0 saturated carbocycles. The van der Waals surface area contributed by atoms with E-state index in [1.807, 2.05) is 13.0 Å². The molecular weight excluding hydrogens is 332 g/mol. The van der Waals surface area contributed by atoms with Gasteiger partial charge in [-0.3, -0.25) is 0 Å². The van der Waals surface area contributed by atoms with Gasteiger partial charge in [-0.25, -0.2) is 4.79 Å². The second-order valence-corrected chi connectivity index (χ2v) is 5.10. The van der Waals surface area contributed by atoms with Gasteiger partial charge in [-0.15, -0.1) is 0 Å². The number of furan rings is 1. The van der Waals surface area contributed by atoms with Crippen LogP contribution >= 0.6 is 27.5 Å². The molecule has 0 atom stereocenters. The summed E-state index contributed by atoms with van der Waals surface area (Å²) in [5, 5.41) is 0.366. The summed E-state index contributed by atoms with van der Waals surface area (Å²) >= 11 is 9.22. The van der Waals surface area contributed by atoms with Crippen molar-refractivity contribution < 1.29 is 13.9 Å². The minimum atomic E-state index is -0.515. The first-order chi connectivity index (χ1) is 9.04. The predicted octanol–water partition coefficient (Wildman–Crippen LogP) is 4.62. The minimum absolute atomic E-state index is 0.315. The lowest BCUT2D eigenvalue weighted by Crippen LogP contribution is -2.03. The maximum Gasteiger partial charge on any atom is 0.336 e. The lowest BCUT2D eigenvalue weighted by molar-refractivity contribution is -0.128. The molecule has 1 heterocycles. The van der Waals surface area contributed by atoms with Gasteiger partial charge < -0.3 is 9.15 Å². The van der Waals surface area contributed by atoms with Gasteiger partial charge in [-0.2, -0.15) is 0 Å². The van der Waals surface area contributed by atoms with Gasteiger partial charge in [0.1, 0.15) is 17.3 Å². The Morgan fingerprint density at radius 2 is 2.16 bits per heavy atom. The predicted molar refractivity (Wildman–Crippen MR) is 77.3 cm³/mol. The van der Waals surface area contributed by atoms with E-state index < -0.39 is 5.97 Å². The molecule has 19 heavy (non-hydrogen) atoms. The van der Waals surface area contributed by atoms with E-state index in [2.05, 4.69) is 15.9 Å². The first-order valence-corrected chi connectivity index (χ1v) is 6.63. The highest BCUT2D eigenvalue weighted by molar-refractivity contribution is 9.10. The van der Waals surface area contributed by atoms with Crippen molar-refractivity contribution in [3.63, 3.8) is 0 Å². The van der Waals surface area contributed by atoms with Gasteiger partial charge in [-0.1, -0.05) is 27.5 Å². The number of esters is 1. The number of ether oxygens (including phenoxy) is 1. The highest BCUT2D eigenvalue weighted by Crippen LogP contribution is 2.27. The summed E-state index contributed by atoms with van der Waals surface area (Å²) in [4.78, 5) is 11.6. The Hall–Kier alpha value is -1.52. The average molecular weight is 342 g/mol. The van der Waals surface area contributed by atoms with E-state index in [-0.39, 0.29) is 0 Å². The summed E-state index contributed by atoms with van der Waals surface area (Å²) in [7, 11) is 0. The van der Waals surface area contributed by atoms with Crippen LogP contribution in [0.1, 0.15) is 11.5 Å². The fraction of sp³-hybridized carbons (Fsp3) is 0.0714. The molecule has 3 nitrogen and oxygen atoms in total. The lowest BCUT2D eigenvalue weighted by Gasteiger charge is -2.03. The molecule has 1 aromatic carbocycles. The Morgan fingerprint density at radius 1 is 1.37 bits per heavy atom. The van der Waals surface area contributed by atoms with Crippen molar-refractivity contribution >= 4 is 39.6 Å². The van der Waals surface area contributed by atoms with Crippen molar-refractivity contribution in [2.75, 3.05) is 0 Å². The number of benzene rings is 1. The molecule has 0 aliphatic carbocycles. The first-order valence-electron chi connectivity index (χ1n) is 5.46. The number of halogens is 2. The van der Waals surface area contributed by atoms with Crippen molar-refractivity contribution in [2.45, 2.75) is 6.92 Å². The van der Waals surface area contributed by atoms with Gasteiger partial charge in [0.15, 0.2) is 0 Å². The molecule has 0 bridgehead atoms. The number of aryl methyl sites for hydroxylation is 1. The Balaban J connectivity index is 2.03. The van der Waals surface area contributed by atoms with E-state index in [0.29, 0.717) is 16.5 Å². The zero-order valence-corrected chi connectivity index (χ0v) is 12.4. The SMILES string of the molecule is Cc1ccc(/C=C/C(=O)Oc2ccc(Br)cc2Cl)o1. The van der Waals surface area contributed by atoms with Crippen LogP contribution in [0.15, 0.2) is 45.3 Å². The summed E-state index contributed by atoms with van der Waals surface area (Å²) in [6.45, 7) is 1.83. The molecule has 1 aromatic heterocycles. The topological polar surface area (TPSA) is 39.4 Å². The molecule has 0 N–H and O–H groups in total. The van der Waals surface area contributed by atoms with Crippen LogP contribution in [-0.4, -0.2) is 5.97 Å². The maximum atomic E-state index is 11.6. The van der Waals surface area contributed by atoms with Crippen LogP contribution in [0, 0.1) is 6.92 Å². The van der Waals surface area contributed by atoms with E-state index in [4.69, 9.17) is 20.8 Å². The largest absolute Gasteiger partial charge is 0.462 e. The highest BCUT2D eigenvalue weighted by Gasteiger charge is 2.06. The van der Waals surface area contributed by atoms with Crippen LogP contribution in [0.3, 0.4) is 0 Å². The second kappa shape index (κ2) is 6.08. The van der Waals surface area contributed by atoms with Crippen LogP contribution in [0.2, 0.25) is 5.02 Å². The van der Waals surface area contributed by atoms with Crippen molar-refractivity contribution in [3.8, 4) is 5.75 Å². The third-order valence-corrected chi connectivity index (χ3v) is 3.04. The fourth-order valence-electron chi connectivity index (χ4n) is 1.39. The van der Waals surface area contributed by atoms with Crippen LogP contribution < -0.4 is 4.74 Å². The Bertz CT molecular complexity index is 631. The number of carbonyl (C=O) groups is 1. The van der Waals surface area contributed by atoms with Crippen LogP contribution in [-0.2, 0) is 4.79 Å². The van der Waals surface area contributed by atoms with Gasteiger partial charge in [0.25, 0.3) is 0 Å². The quantitative estimate of drug-likeness (QED) is 0.464. The zero-order valence-electron chi connectivity index (χ0n) is 10.0.